The van der Waals surface area contributed by atoms with Gasteiger partial charge in [-0.25, -0.2) is 4.68 Å². The Morgan fingerprint density at radius 2 is 1.81 bits per heavy atom. The van der Waals surface area contributed by atoms with Crippen LogP contribution < -0.4 is 0 Å². The molecule has 0 unspecified atom stereocenters. The summed E-state index contributed by atoms with van der Waals surface area (Å²) >= 11 is 0. The van der Waals surface area contributed by atoms with Crippen molar-refractivity contribution in [2.45, 2.75) is 39.7 Å². The van der Waals surface area contributed by atoms with Crippen LogP contribution in [-0.2, 0) is 0 Å². The van der Waals surface area contributed by atoms with E-state index in [4.69, 9.17) is 4.52 Å². The van der Waals surface area contributed by atoms with Gasteiger partial charge in [-0.15, -0.1) is 5.10 Å². The second-order valence-electron chi connectivity index (χ2n) is 6.88. The highest BCUT2D eigenvalue weighted by Crippen LogP contribution is 2.25. The third-order valence-electron chi connectivity index (χ3n) is 4.27. The summed E-state index contributed by atoms with van der Waals surface area (Å²) in [6.07, 6.45) is 1.77. The maximum atomic E-state index is 5.42. The van der Waals surface area contributed by atoms with Gasteiger partial charge in [-0.1, -0.05) is 24.2 Å². The predicted octanol–water partition coefficient (Wildman–Crippen LogP) is 4.25. The quantitative estimate of drug-likeness (QED) is 0.548. The summed E-state index contributed by atoms with van der Waals surface area (Å²) in [7, 11) is 0. The fourth-order valence-corrected chi connectivity index (χ4v) is 2.79. The minimum atomic E-state index is 0.254. The number of pyridine rings is 1. The predicted molar refractivity (Wildman–Crippen MR) is 98.5 cm³/mol. The number of hydrogen-bond acceptors (Lipinski definition) is 6. The van der Waals surface area contributed by atoms with E-state index < -0.39 is 0 Å². The molecule has 0 aliphatic carbocycles. The lowest BCUT2D eigenvalue weighted by atomic mass is 10.1. The van der Waals surface area contributed by atoms with E-state index in [0.717, 1.165) is 27.9 Å². The molecule has 0 N–H and O–H groups in total. The van der Waals surface area contributed by atoms with E-state index in [9.17, 15) is 0 Å². The fourth-order valence-electron chi connectivity index (χ4n) is 2.79. The van der Waals surface area contributed by atoms with Crippen molar-refractivity contribution in [2.75, 3.05) is 0 Å². The topological polar surface area (TPSA) is 82.5 Å². The monoisotopic (exact) mass is 348 g/mol. The van der Waals surface area contributed by atoms with Gasteiger partial charge in [0.05, 0.1) is 11.1 Å². The van der Waals surface area contributed by atoms with Gasteiger partial charge in [0.2, 0.25) is 5.82 Å². The molecule has 3 aromatic heterocycles. The molecule has 0 bridgehead atoms. The van der Waals surface area contributed by atoms with Crippen LogP contribution in [-0.4, -0.2) is 30.1 Å². The summed E-state index contributed by atoms with van der Waals surface area (Å²) in [4.78, 5) is 8.95. The van der Waals surface area contributed by atoms with Crippen LogP contribution in [0.4, 0.5) is 0 Å². The van der Waals surface area contributed by atoms with E-state index in [1.54, 1.807) is 6.20 Å². The maximum absolute atomic E-state index is 5.42. The molecule has 4 aromatic rings. The summed E-state index contributed by atoms with van der Waals surface area (Å²) in [5.74, 6) is 1.36. The number of nitrogens with zero attached hydrogens (tertiary/aromatic N) is 6. The molecule has 26 heavy (non-hydrogen) atoms. The smallest absolute Gasteiger partial charge is 0.259 e. The zero-order chi connectivity index (χ0) is 18.3. The molecule has 0 spiro atoms. The molecule has 0 atom stereocenters. The number of aromatic nitrogens is 6. The molecule has 0 saturated carbocycles. The van der Waals surface area contributed by atoms with Crippen LogP contribution in [0.3, 0.4) is 0 Å². The van der Waals surface area contributed by atoms with E-state index in [-0.39, 0.29) is 6.04 Å². The lowest BCUT2D eigenvalue weighted by molar-refractivity contribution is 0.432. The van der Waals surface area contributed by atoms with Crippen LogP contribution in [0.25, 0.3) is 33.9 Å². The van der Waals surface area contributed by atoms with Crippen molar-refractivity contribution >= 4 is 11.0 Å². The molecular formula is C19H20N6O. The van der Waals surface area contributed by atoms with Gasteiger partial charge in [0, 0.05) is 23.5 Å². The Kier molecular flexibility index (Phi) is 3.99. The van der Waals surface area contributed by atoms with Crippen LogP contribution in [0.1, 0.15) is 45.3 Å². The van der Waals surface area contributed by atoms with Crippen molar-refractivity contribution in [3.63, 3.8) is 0 Å². The maximum Gasteiger partial charge on any atom is 0.259 e. The van der Waals surface area contributed by atoms with Gasteiger partial charge in [-0.3, -0.25) is 4.98 Å². The van der Waals surface area contributed by atoms with E-state index in [2.05, 4.69) is 53.1 Å². The first-order valence-electron chi connectivity index (χ1n) is 8.68. The third-order valence-corrected chi connectivity index (χ3v) is 4.27. The summed E-state index contributed by atoms with van der Waals surface area (Å²) in [6.45, 7) is 8.37. The highest BCUT2D eigenvalue weighted by molar-refractivity contribution is 5.80. The first-order valence-corrected chi connectivity index (χ1v) is 8.68. The first-order chi connectivity index (χ1) is 12.5. The minimum Gasteiger partial charge on any atom is -0.334 e. The molecule has 7 nitrogen and oxygen atoms in total. The number of benzene rings is 1. The van der Waals surface area contributed by atoms with Crippen molar-refractivity contribution in [3.05, 3.63) is 42.2 Å². The summed E-state index contributed by atoms with van der Waals surface area (Å²) in [6, 6.07) is 10.1. The van der Waals surface area contributed by atoms with Gasteiger partial charge in [0.25, 0.3) is 5.89 Å². The molecule has 0 aliphatic rings. The lowest BCUT2D eigenvalue weighted by Crippen LogP contribution is -2.02. The molecule has 1 aromatic carbocycles. The van der Waals surface area contributed by atoms with Crippen molar-refractivity contribution < 1.29 is 4.52 Å². The van der Waals surface area contributed by atoms with E-state index in [1.807, 2.05) is 35.0 Å². The third kappa shape index (κ3) is 2.85. The number of fused-ring (bicyclic) bond motifs is 1. The normalized spacial score (nSPS) is 11.8. The summed E-state index contributed by atoms with van der Waals surface area (Å²) in [5.41, 5.74) is 4.48. The molecule has 0 fully saturated rings. The lowest BCUT2D eigenvalue weighted by Gasteiger charge is -2.04. The van der Waals surface area contributed by atoms with Crippen molar-refractivity contribution in [1.82, 2.24) is 30.1 Å². The summed E-state index contributed by atoms with van der Waals surface area (Å²) in [5, 5.41) is 12.5. The zero-order valence-corrected chi connectivity index (χ0v) is 15.2. The standard InChI is InChI=1S/C19H20N6O/c1-11(2)15-7-5-14(10-20-15)19-21-18(23-26-19)13-6-8-17-16(9-13)22-24-25(17)12(3)4/h5-12H,1-4H3. The molecule has 3 heterocycles. The average Bonchev–Trinajstić information content (AvgIpc) is 3.28. The van der Waals surface area contributed by atoms with Crippen LogP contribution in [0.5, 0.6) is 0 Å². The Morgan fingerprint density at radius 3 is 2.50 bits per heavy atom. The van der Waals surface area contributed by atoms with E-state index in [1.165, 1.54) is 0 Å². The van der Waals surface area contributed by atoms with Gasteiger partial charge in [-0.05, 0) is 50.1 Å². The second kappa shape index (κ2) is 6.33. The Morgan fingerprint density at radius 1 is 1.00 bits per heavy atom. The molecule has 0 aliphatic heterocycles. The molecule has 0 saturated heterocycles. The molecule has 0 amide bonds. The molecule has 7 heteroatoms. The SMILES string of the molecule is CC(C)c1ccc(-c2nc(-c3ccc4c(c3)nnn4C(C)C)no2)cn1. The zero-order valence-electron chi connectivity index (χ0n) is 15.2. The minimum absolute atomic E-state index is 0.254. The first kappa shape index (κ1) is 16.4. The Labute approximate surface area is 151 Å². The van der Waals surface area contributed by atoms with Crippen LogP contribution in [0.15, 0.2) is 41.1 Å². The molecule has 132 valence electrons. The molecule has 4 rings (SSSR count). The van der Waals surface area contributed by atoms with E-state index >= 15 is 0 Å². The summed E-state index contributed by atoms with van der Waals surface area (Å²) < 4.78 is 7.31. The van der Waals surface area contributed by atoms with Gasteiger partial charge in [-0.2, -0.15) is 4.98 Å². The van der Waals surface area contributed by atoms with Crippen LogP contribution >= 0.6 is 0 Å². The van der Waals surface area contributed by atoms with Crippen molar-refractivity contribution in [2.24, 2.45) is 0 Å². The Hall–Kier alpha value is -3.09. The van der Waals surface area contributed by atoms with Gasteiger partial charge >= 0.3 is 0 Å². The number of hydrogen-bond donors (Lipinski definition) is 0. The van der Waals surface area contributed by atoms with Crippen molar-refractivity contribution in [1.29, 1.82) is 0 Å². The Balaban J connectivity index is 1.66. The second-order valence-corrected chi connectivity index (χ2v) is 6.88. The molecular weight excluding hydrogens is 328 g/mol. The Bertz CT molecular complexity index is 1050. The average molecular weight is 348 g/mol. The fraction of sp³-hybridized carbons (Fsp3) is 0.316. The van der Waals surface area contributed by atoms with Crippen LogP contribution in [0.2, 0.25) is 0 Å². The highest BCUT2D eigenvalue weighted by Gasteiger charge is 2.14. The van der Waals surface area contributed by atoms with Gasteiger partial charge < -0.3 is 4.52 Å². The molecule has 0 radical (unpaired) electrons. The van der Waals surface area contributed by atoms with Gasteiger partial charge in [0.1, 0.15) is 5.52 Å². The number of rotatable bonds is 4. The van der Waals surface area contributed by atoms with Gasteiger partial charge in [0.15, 0.2) is 0 Å². The largest absolute Gasteiger partial charge is 0.334 e. The van der Waals surface area contributed by atoms with Crippen molar-refractivity contribution in [3.8, 4) is 22.8 Å². The van der Waals surface area contributed by atoms with Crippen LogP contribution in [0, 0.1) is 0 Å². The highest BCUT2D eigenvalue weighted by atomic mass is 16.5. The van der Waals surface area contributed by atoms with E-state index in [0.29, 0.717) is 17.6 Å².